The molecule has 3 aromatic rings. The average molecular weight is 509 g/mol. The zero-order valence-electron chi connectivity index (χ0n) is 18.0. The van der Waals surface area contributed by atoms with Crippen molar-refractivity contribution in [2.24, 2.45) is 13.0 Å². The monoisotopic (exact) mass is 509 g/mol. The molecule has 1 aromatic carbocycles. The number of aromatic nitrogens is 3. The molecular formula is C20H18F3N7O4S. The number of carbonyl (C=O) groups excluding carboxylic acids is 2. The number of hydrogen-bond donors (Lipinski definition) is 3. The molecule has 2 aliphatic heterocycles. The number of amides is 2. The number of rotatable bonds is 3. The molecular weight excluding hydrogens is 491 g/mol. The van der Waals surface area contributed by atoms with Crippen LogP contribution in [0.3, 0.4) is 0 Å². The fraction of sp³-hybridized carbons (Fsp3) is 0.300. The molecule has 35 heavy (non-hydrogen) atoms. The fourth-order valence-corrected chi connectivity index (χ4v) is 5.04. The first-order valence-corrected chi connectivity index (χ1v) is 11.1. The molecule has 2 amide bonds. The van der Waals surface area contributed by atoms with Gasteiger partial charge in [0.15, 0.2) is 28.9 Å². The van der Waals surface area contributed by atoms with Crippen molar-refractivity contribution < 1.29 is 32.1 Å². The van der Waals surface area contributed by atoms with Gasteiger partial charge in [-0.15, -0.1) is 0 Å². The molecule has 0 bridgehead atoms. The number of hydrogen-bond acceptors (Lipinski definition) is 9. The van der Waals surface area contributed by atoms with Crippen LogP contribution >= 0.6 is 11.9 Å². The molecule has 0 unspecified atom stereocenters. The number of nitrogens with zero attached hydrogens (tertiary/aromatic N) is 4. The average Bonchev–Trinajstić information content (AvgIpc) is 3.49. The van der Waals surface area contributed by atoms with Crippen LogP contribution in [0.25, 0.3) is 0 Å². The summed E-state index contributed by atoms with van der Waals surface area (Å²) in [5.41, 5.74) is 5.42. The van der Waals surface area contributed by atoms with Crippen LogP contribution in [0.1, 0.15) is 21.0 Å². The van der Waals surface area contributed by atoms with Gasteiger partial charge in [0.05, 0.1) is 11.5 Å². The number of anilines is 2. The number of halogens is 3. The normalized spacial score (nSPS) is 19.4. The van der Waals surface area contributed by atoms with Crippen LogP contribution in [0.2, 0.25) is 0 Å². The van der Waals surface area contributed by atoms with Crippen LogP contribution in [-0.4, -0.2) is 57.3 Å². The Kier molecular flexibility index (Phi) is 5.80. The Balaban J connectivity index is 1.33. The lowest BCUT2D eigenvalue weighted by atomic mass is 10.1. The topological polar surface area (TPSA) is 141 Å². The van der Waals surface area contributed by atoms with E-state index in [1.807, 2.05) is 0 Å². The minimum absolute atomic E-state index is 0.0654. The van der Waals surface area contributed by atoms with Crippen molar-refractivity contribution in [2.75, 3.05) is 30.7 Å². The third-order valence-electron chi connectivity index (χ3n) is 5.77. The molecule has 1 saturated heterocycles. The second kappa shape index (κ2) is 8.81. The van der Waals surface area contributed by atoms with E-state index < -0.39 is 29.3 Å². The van der Waals surface area contributed by atoms with E-state index in [0.29, 0.717) is 30.1 Å². The highest BCUT2D eigenvalue weighted by Crippen LogP contribution is 2.37. The van der Waals surface area contributed by atoms with Gasteiger partial charge in [0.2, 0.25) is 11.5 Å². The summed E-state index contributed by atoms with van der Waals surface area (Å²) < 4.78 is 55.7. The molecule has 0 spiro atoms. The smallest absolute Gasteiger partial charge is 0.280 e. The predicted molar refractivity (Wildman–Crippen MR) is 116 cm³/mol. The number of carbonyl (C=O) groups is 2. The second-order valence-corrected chi connectivity index (χ2v) is 8.98. The summed E-state index contributed by atoms with van der Waals surface area (Å²) >= 11 is 1.22. The molecule has 2 aliphatic rings. The van der Waals surface area contributed by atoms with Gasteiger partial charge in [0.1, 0.15) is 0 Å². The standard InChI is InChI=1S/C20H18F3N7O4S/c1-29-6-13-17(16(29)19(31)25-9-2-10(21)14(23)11(22)3-9)33-7-8-4-30(5-12(8)28-35-13)20(32)15-18(24)27-34-26-15/h2-3,6,8,12,28H,4-5,7H2,1H3,(H2,24,27)(H,25,31)/t8-,12-/m0/s1. The van der Waals surface area contributed by atoms with E-state index in [1.54, 1.807) is 18.1 Å². The lowest BCUT2D eigenvalue weighted by Crippen LogP contribution is -2.36. The van der Waals surface area contributed by atoms with Crippen molar-refractivity contribution in [3.05, 3.63) is 47.2 Å². The van der Waals surface area contributed by atoms with Crippen LogP contribution in [0.15, 0.2) is 27.9 Å². The lowest BCUT2D eigenvalue weighted by molar-refractivity contribution is 0.0772. The van der Waals surface area contributed by atoms with Gasteiger partial charge in [-0.3, -0.25) is 14.3 Å². The Bertz CT molecular complexity index is 1310. The lowest BCUT2D eigenvalue weighted by Gasteiger charge is -2.23. The van der Waals surface area contributed by atoms with E-state index in [-0.39, 0.29) is 47.2 Å². The van der Waals surface area contributed by atoms with Crippen LogP contribution in [-0.2, 0) is 7.05 Å². The summed E-state index contributed by atoms with van der Waals surface area (Å²) in [5.74, 6) is -5.55. The number of likely N-dealkylation sites (tertiary alicyclic amines) is 1. The van der Waals surface area contributed by atoms with Crippen molar-refractivity contribution in [3.63, 3.8) is 0 Å². The molecule has 0 aliphatic carbocycles. The Morgan fingerprint density at radius 1 is 1.23 bits per heavy atom. The highest BCUT2D eigenvalue weighted by Gasteiger charge is 2.39. The Morgan fingerprint density at radius 3 is 2.66 bits per heavy atom. The number of aryl methyl sites for hydroxylation is 1. The van der Waals surface area contributed by atoms with Crippen molar-refractivity contribution >= 4 is 35.3 Å². The molecule has 184 valence electrons. The highest BCUT2D eigenvalue weighted by atomic mass is 32.2. The Hall–Kier alpha value is -3.72. The summed E-state index contributed by atoms with van der Waals surface area (Å²) in [4.78, 5) is 27.8. The molecule has 1 fully saturated rings. The SMILES string of the molecule is Cn1cc2c(c1C(=O)Nc1cc(F)c(F)c(F)c1)OC[C@@H]1CN(C(=O)c3nonc3N)C[C@@H]1NS2. The van der Waals surface area contributed by atoms with Crippen LogP contribution in [0.4, 0.5) is 24.7 Å². The van der Waals surface area contributed by atoms with E-state index in [0.717, 1.165) is 0 Å². The minimum atomic E-state index is -1.63. The third-order valence-corrected chi connectivity index (χ3v) is 6.70. The number of nitrogens with two attached hydrogens (primary N) is 1. The molecule has 15 heteroatoms. The quantitative estimate of drug-likeness (QED) is 0.356. The fourth-order valence-electron chi connectivity index (χ4n) is 4.03. The van der Waals surface area contributed by atoms with E-state index in [1.165, 1.54) is 16.5 Å². The zero-order valence-corrected chi connectivity index (χ0v) is 18.9. The molecule has 4 heterocycles. The van der Waals surface area contributed by atoms with Crippen molar-refractivity contribution in [3.8, 4) is 5.75 Å². The molecule has 0 radical (unpaired) electrons. The molecule has 2 aromatic heterocycles. The Labute approximate surface area is 199 Å². The summed E-state index contributed by atoms with van der Waals surface area (Å²) in [6, 6.07) is 1.25. The second-order valence-electron chi connectivity index (χ2n) is 8.10. The van der Waals surface area contributed by atoms with Gasteiger partial charge in [0.25, 0.3) is 11.8 Å². The Morgan fingerprint density at radius 2 is 1.97 bits per heavy atom. The number of fused-ring (bicyclic) bond motifs is 2. The van der Waals surface area contributed by atoms with Gasteiger partial charge >= 0.3 is 0 Å². The van der Waals surface area contributed by atoms with E-state index in [2.05, 4.69) is 25.0 Å². The maximum atomic E-state index is 13.6. The first-order chi connectivity index (χ1) is 16.7. The van der Waals surface area contributed by atoms with Crippen LogP contribution in [0.5, 0.6) is 5.75 Å². The van der Waals surface area contributed by atoms with Gasteiger partial charge in [-0.1, -0.05) is 0 Å². The number of nitrogen functional groups attached to an aromatic ring is 1. The van der Waals surface area contributed by atoms with E-state index in [4.69, 9.17) is 10.5 Å². The third kappa shape index (κ3) is 4.16. The maximum absolute atomic E-state index is 13.6. The number of ether oxygens (including phenoxy) is 1. The molecule has 11 nitrogen and oxygen atoms in total. The number of benzene rings is 1. The van der Waals surface area contributed by atoms with E-state index in [9.17, 15) is 22.8 Å². The molecule has 2 atom stereocenters. The summed E-state index contributed by atoms with van der Waals surface area (Å²) in [5, 5.41) is 9.35. The number of nitrogens with one attached hydrogen (secondary N) is 2. The van der Waals surface area contributed by atoms with E-state index >= 15 is 0 Å². The van der Waals surface area contributed by atoms with Gasteiger partial charge in [-0.05, 0) is 22.3 Å². The van der Waals surface area contributed by atoms with Gasteiger partial charge < -0.3 is 25.3 Å². The minimum Gasteiger partial charge on any atom is -0.489 e. The molecule has 4 N–H and O–H groups in total. The largest absolute Gasteiger partial charge is 0.489 e. The van der Waals surface area contributed by atoms with Crippen LogP contribution < -0.4 is 20.5 Å². The first-order valence-electron chi connectivity index (χ1n) is 10.3. The highest BCUT2D eigenvalue weighted by molar-refractivity contribution is 7.97. The summed E-state index contributed by atoms with van der Waals surface area (Å²) in [7, 11) is 1.62. The van der Waals surface area contributed by atoms with Crippen LogP contribution in [0, 0.1) is 23.4 Å². The van der Waals surface area contributed by atoms with Crippen molar-refractivity contribution in [2.45, 2.75) is 10.9 Å². The maximum Gasteiger partial charge on any atom is 0.280 e. The predicted octanol–water partition coefficient (Wildman–Crippen LogP) is 1.79. The molecule has 0 saturated carbocycles. The summed E-state index contributed by atoms with van der Waals surface area (Å²) in [6.07, 6.45) is 1.66. The zero-order chi connectivity index (χ0) is 24.9. The van der Waals surface area contributed by atoms with Crippen molar-refractivity contribution in [1.29, 1.82) is 0 Å². The van der Waals surface area contributed by atoms with Gasteiger partial charge in [0, 0.05) is 56.1 Å². The summed E-state index contributed by atoms with van der Waals surface area (Å²) in [6.45, 7) is 0.871. The first kappa shape index (κ1) is 23.0. The molecule has 5 rings (SSSR count). The van der Waals surface area contributed by atoms with Crippen molar-refractivity contribution in [1.82, 2.24) is 24.5 Å². The van der Waals surface area contributed by atoms with Gasteiger partial charge in [-0.2, -0.15) is 0 Å². The van der Waals surface area contributed by atoms with Gasteiger partial charge in [-0.25, -0.2) is 17.8 Å².